The molecular formula is C33H33N2NaO5S. The van der Waals surface area contributed by atoms with Crippen molar-refractivity contribution in [3.63, 3.8) is 0 Å². The maximum atomic E-state index is 14.1. The van der Waals surface area contributed by atoms with Crippen molar-refractivity contribution in [3.05, 3.63) is 96.1 Å². The van der Waals surface area contributed by atoms with Crippen LogP contribution in [-0.4, -0.2) is 18.0 Å². The second kappa shape index (κ2) is 11.9. The first-order chi connectivity index (χ1) is 19.9. The van der Waals surface area contributed by atoms with Gasteiger partial charge in [-0.3, -0.25) is 9.80 Å². The minimum absolute atomic E-state index is 0. The van der Waals surface area contributed by atoms with E-state index >= 15 is 0 Å². The summed E-state index contributed by atoms with van der Waals surface area (Å²) in [5.74, 6) is 2.06. The predicted octanol–water partition coefficient (Wildman–Crippen LogP) is 5.39. The van der Waals surface area contributed by atoms with E-state index in [1.54, 1.807) is 41.0 Å². The Labute approximate surface area is 270 Å². The number of aryl methyl sites for hydroxylation is 2. The molecule has 1 unspecified atom stereocenters. The van der Waals surface area contributed by atoms with Crippen molar-refractivity contribution in [1.29, 1.82) is 0 Å². The summed E-state index contributed by atoms with van der Waals surface area (Å²) in [5.41, 5.74) is 4.01. The molecule has 0 radical (unpaired) electrons. The third-order valence-electron chi connectivity index (χ3n) is 7.87. The molecule has 42 heavy (non-hydrogen) atoms. The molecule has 0 aromatic heterocycles. The molecule has 1 atom stereocenters. The van der Waals surface area contributed by atoms with Crippen LogP contribution in [0.2, 0.25) is 0 Å². The van der Waals surface area contributed by atoms with E-state index in [1.165, 1.54) is 0 Å². The van der Waals surface area contributed by atoms with Crippen LogP contribution < -0.4 is 48.8 Å². The van der Waals surface area contributed by atoms with Gasteiger partial charge in [-0.2, -0.15) is 0 Å². The van der Waals surface area contributed by atoms with Crippen LogP contribution >= 0.6 is 0 Å². The number of para-hydroxylation sites is 6. The van der Waals surface area contributed by atoms with Crippen LogP contribution in [0.25, 0.3) is 0 Å². The van der Waals surface area contributed by atoms with Gasteiger partial charge in [0.2, 0.25) is 4.99 Å². The van der Waals surface area contributed by atoms with Crippen molar-refractivity contribution in [2.45, 2.75) is 57.9 Å². The number of ether oxygens (including phenoxy) is 2. The minimum Gasteiger partial charge on any atom is -0.745 e. The summed E-state index contributed by atoms with van der Waals surface area (Å²) in [6.07, 6.45) is 3.10. The fourth-order valence-electron chi connectivity index (χ4n) is 6.20. The van der Waals surface area contributed by atoms with Crippen LogP contribution in [0.4, 0.5) is 22.7 Å². The molecular weight excluding hydrogens is 559 g/mol. The molecule has 0 saturated heterocycles. The van der Waals surface area contributed by atoms with Gasteiger partial charge in [-0.05, 0) is 60.4 Å². The number of anilines is 4. The van der Waals surface area contributed by atoms with E-state index in [0.717, 1.165) is 30.4 Å². The zero-order valence-corrected chi connectivity index (χ0v) is 27.3. The van der Waals surface area contributed by atoms with Gasteiger partial charge in [-0.1, -0.05) is 82.1 Å². The molecule has 2 aliphatic heterocycles. The van der Waals surface area contributed by atoms with Gasteiger partial charge >= 0.3 is 29.6 Å². The smallest absolute Gasteiger partial charge is 0.745 e. The quantitative estimate of drug-likeness (QED) is 0.200. The largest absolute Gasteiger partial charge is 1.00 e. The van der Waals surface area contributed by atoms with Crippen molar-refractivity contribution in [1.82, 2.24) is 0 Å². The van der Waals surface area contributed by atoms with E-state index in [9.17, 15) is 13.0 Å². The summed E-state index contributed by atoms with van der Waals surface area (Å²) < 4.78 is 55.0. The Balaban J connectivity index is 0.00000353. The van der Waals surface area contributed by atoms with Crippen molar-refractivity contribution in [2.75, 3.05) is 9.80 Å². The number of fused-ring (bicyclic) bond motifs is 4. The Morgan fingerprint density at radius 3 is 1.79 bits per heavy atom. The fraction of sp³-hybridized carbons (Fsp3) is 0.273. The summed E-state index contributed by atoms with van der Waals surface area (Å²) in [7, 11) is -5.11. The number of benzene rings is 4. The Bertz CT molecular complexity index is 1680. The summed E-state index contributed by atoms with van der Waals surface area (Å²) >= 11 is 0. The zero-order chi connectivity index (χ0) is 28.8. The Morgan fingerprint density at radius 1 is 0.667 bits per heavy atom. The topological polar surface area (TPSA) is 82.1 Å². The predicted molar refractivity (Wildman–Crippen MR) is 161 cm³/mol. The van der Waals surface area contributed by atoms with E-state index in [4.69, 9.17) is 9.47 Å². The molecule has 9 heteroatoms. The SMILES string of the molecule is CCCc1cccc2c1Oc1cccc(CCC)c1N2C(CC)(N1c2ccccc2Oc2ccccc21)S(=O)(=O)[O-].[Na+]. The number of hydrogen-bond acceptors (Lipinski definition) is 7. The molecule has 2 heterocycles. The normalized spacial score (nSPS) is 14.7. The molecule has 4 aromatic carbocycles. The summed E-state index contributed by atoms with van der Waals surface area (Å²) in [4.78, 5) is 1.30. The first-order valence-electron chi connectivity index (χ1n) is 14.2. The summed E-state index contributed by atoms with van der Waals surface area (Å²) in [5, 5.41) is 0. The maximum Gasteiger partial charge on any atom is 1.00 e. The molecule has 4 aromatic rings. The Kier molecular flexibility index (Phi) is 8.65. The molecule has 0 amide bonds. The minimum atomic E-state index is -5.11. The van der Waals surface area contributed by atoms with Gasteiger partial charge in [-0.25, -0.2) is 8.42 Å². The molecule has 212 valence electrons. The van der Waals surface area contributed by atoms with Crippen LogP contribution in [0.15, 0.2) is 84.9 Å². The van der Waals surface area contributed by atoms with Gasteiger partial charge in [0.1, 0.15) is 10.1 Å². The molecule has 7 nitrogen and oxygen atoms in total. The van der Waals surface area contributed by atoms with Gasteiger partial charge < -0.3 is 14.0 Å². The Morgan fingerprint density at radius 2 is 1.19 bits per heavy atom. The second-order valence-electron chi connectivity index (χ2n) is 10.4. The summed E-state index contributed by atoms with van der Waals surface area (Å²) in [6, 6.07) is 26.0. The van der Waals surface area contributed by atoms with Crippen molar-refractivity contribution < 1.29 is 52.0 Å². The standard InChI is InChI=1S/C33H34N2O5S.Na/c1-4-13-23-15-12-22-30-31(23)35(27-19-11-16-24(14-5-2)32(27)40-30)33(6-3,41(36,37)38)34-25-17-7-9-20-28(25)39-29-21-10-8-18-26(29)34;/h7-12,15-22H,4-6,13-14H2,1-3H3,(H,36,37,38);/q;+1/p-1. The number of nitrogens with zero attached hydrogens (tertiary/aromatic N) is 2. The average Bonchev–Trinajstić information content (AvgIpc) is 2.97. The van der Waals surface area contributed by atoms with Crippen molar-refractivity contribution >= 4 is 32.9 Å². The third-order valence-corrected chi connectivity index (χ3v) is 9.32. The molecule has 0 N–H and O–H groups in total. The van der Waals surface area contributed by atoms with Crippen LogP contribution in [0, 0.1) is 0 Å². The van der Waals surface area contributed by atoms with Crippen molar-refractivity contribution in [3.8, 4) is 23.0 Å². The van der Waals surface area contributed by atoms with Crippen LogP contribution in [0.3, 0.4) is 0 Å². The molecule has 0 spiro atoms. The molecule has 0 bridgehead atoms. The van der Waals surface area contributed by atoms with E-state index in [1.807, 2.05) is 60.7 Å². The van der Waals surface area contributed by atoms with Gasteiger partial charge in [0, 0.05) is 6.42 Å². The average molecular weight is 593 g/mol. The molecule has 2 aliphatic rings. The summed E-state index contributed by atoms with van der Waals surface area (Å²) in [6.45, 7) is 5.92. The van der Waals surface area contributed by atoms with Gasteiger partial charge in [0.25, 0.3) is 0 Å². The monoisotopic (exact) mass is 592 g/mol. The molecule has 0 aliphatic carbocycles. The second-order valence-corrected chi connectivity index (χ2v) is 12.0. The number of hydrogen-bond donors (Lipinski definition) is 0. The Hall–Kier alpha value is -3.01. The first kappa shape index (κ1) is 30.4. The molecule has 0 fully saturated rings. The van der Waals surface area contributed by atoms with Gasteiger partial charge in [-0.15, -0.1) is 0 Å². The third kappa shape index (κ3) is 4.70. The van der Waals surface area contributed by atoms with E-state index in [-0.39, 0.29) is 36.0 Å². The van der Waals surface area contributed by atoms with Crippen molar-refractivity contribution in [2.24, 2.45) is 0 Å². The number of rotatable bonds is 8. The van der Waals surface area contributed by atoms with E-state index in [2.05, 4.69) is 13.8 Å². The van der Waals surface area contributed by atoms with E-state index < -0.39 is 15.1 Å². The van der Waals surface area contributed by atoms with Gasteiger partial charge in [0.05, 0.1) is 22.7 Å². The van der Waals surface area contributed by atoms with Gasteiger partial charge in [0.15, 0.2) is 23.0 Å². The van der Waals surface area contributed by atoms with Crippen LogP contribution in [-0.2, 0) is 23.0 Å². The van der Waals surface area contributed by atoms with E-state index in [0.29, 0.717) is 52.2 Å². The fourth-order valence-corrected chi connectivity index (χ4v) is 7.38. The first-order valence-corrected chi connectivity index (χ1v) is 15.6. The van der Waals surface area contributed by atoms with Crippen LogP contribution in [0.1, 0.15) is 51.2 Å². The van der Waals surface area contributed by atoms with Crippen LogP contribution in [0.5, 0.6) is 23.0 Å². The zero-order valence-electron chi connectivity index (χ0n) is 24.5. The maximum absolute atomic E-state index is 14.1. The molecule has 0 saturated carbocycles. The molecule has 6 rings (SSSR count).